The Balaban J connectivity index is 1.36. The number of carbonyl (C=O) groups is 2. The molecule has 176 valence electrons. The van der Waals surface area contributed by atoms with Gasteiger partial charge in [0.25, 0.3) is 0 Å². The fraction of sp³-hybridized carbons (Fsp3) is 0.286. The van der Waals surface area contributed by atoms with E-state index in [-0.39, 0.29) is 30.0 Å². The summed E-state index contributed by atoms with van der Waals surface area (Å²) in [6, 6.07) is 20.1. The highest BCUT2D eigenvalue weighted by Crippen LogP contribution is 2.47. The molecule has 6 heteroatoms. The minimum atomic E-state index is -0.836. The number of aryl methyl sites for hydroxylation is 1. The van der Waals surface area contributed by atoms with Crippen LogP contribution in [0.5, 0.6) is 0 Å². The number of aliphatic carboxylic acids is 1. The highest BCUT2D eigenvalue weighted by Gasteiger charge is 2.43. The lowest BCUT2D eigenvalue weighted by atomic mass is 9.96. The van der Waals surface area contributed by atoms with Crippen molar-refractivity contribution in [1.29, 1.82) is 0 Å². The Morgan fingerprint density at radius 1 is 0.912 bits per heavy atom. The number of hydrogen-bond donors (Lipinski definition) is 2. The Morgan fingerprint density at radius 3 is 2.24 bits per heavy atom. The third-order valence-electron chi connectivity index (χ3n) is 6.20. The van der Waals surface area contributed by atoms with E-state index in [1.165, 1.54) is 12.1 Å². The van der Waals surface area contributed by atoms with Crippen molar-refractivity contribution in [3.05, 3.63) is 105 Å². The van der Waals surface area contributed by atoms with E-state index < -0.39 is 5.97 Å². The molecule has 0 radical (unpaired) electrons. The topological polar surface area (TPSA) is 66.4 Å². The summed E-state index contributed by atoms with van der Waals surface area (Å²) in [5.41, 5.74) is 5.17. The molecule has 2 unspecified atom stereocenters. The first-order valence-electron chi connectivity index (χ1n) is 11.5. The summed E-state index contributed by atoms with van der Waals surface area (Å²) in [6.07, 6.45) is 2.63. The van der Waals surface area contributed by atoms with Crippen LogP contribution in [-0.2, 0) is 28.9 Å². The fourth-order valence-corrected chi connectivity index (χ4v) is 4.47. The first kappa shape index (κ1) is 24.0. The van der Waals surface area contributed by atoms with Crippen molar-refractivity contribution in [2.75, 3.05) is 6.54 Å². The van der Waals surface area contributed by atoms with E-state index in [0.717, 1.165) is 34.2 Å². The summed E-state index contributed by atoms with van der Waals surface area (Å²) in [6.45, 7) is 0.515. The lowest BCUT2D eigenvalue weighted by Crippen LogP contribution is -2.27. The SMILES string of the molecule is O=C(O)CCc1cc(CCNC(=O)C2CC2c2ccc(Cl)cc2)cc(Cc2ccc(F)cc2)c1. The Morgan fingerprint density at radius 2 is 1.56 bits per heavy atom. The molecule has 34 heavy (non-hydrogen) atoms. The number of carboxylic acids is 1. The van der Waals surface area contributed by atoms with Crippen molar-refractivity contribution in [3.8, 4) is 0 Å². The molecule has 0 spiro atoms. The second-order valence-electron chi connectivity index (χ2n) is 8.90. The maximum Gasteiger partial charge on any atom is 0.303 e. The number of carbonyl (C=O) groups excluding carboxylic acids is 1. The first-order valence-corrected chi connectivity index (χ1v) is 11.9. The number of hydrogen-bond acceptors (Lipinski definition) is 2. The zero-order valence-corrected chi connectivity index (χ0v) is 19.5. The summed E-state index contributed by atoms with van der Waals surface area (Å²) in [7, 11) is 0. The molecule has 1 aliphatic rings. The third kappa shape index (κ3) is 6.67. The molecule has 1 aliphatic carbocycles. The van der Waals surface area contributed by atoms with E-state index in [1.54, 1.807) is 12.1 Å². The predicted octanol–water partition coefficient (Wildman–Crippen LogP) is 5.55. The average Bonchev–Trinajstić information content (AvgIpc) is 3.61. The Labute approximate surface area is 203 Å². The number of carboxylic acid groups (broad SMARTS) is 1. The number of rotatable bonds is 10. The largest absolute Gasteiger partial charge is 0.481 e. The minimum Gasteiger partial charge on any atom is -0.481 e. The van der Waals surface area contributed by atoms with Gasteiger partial charge < -0.3 is 10.4 Å². The molecule has 0 bridgehead atoms. The van der Waals surface area contributed by atoms with Gasteiger partial charge in [-0.05, 0) is 83.7 Å². The van der Waals surface area contributed by atoms with Crippen LogP contribution in [0.2, 0.25) is 5.02 Å². The predicted molar refractivity (Wildman–Crippen MR) is 131 cm³/mol. The second kappa shape index (κ2) is 10.8. The smallest absolute Gasteiger partial charge is 0.303 e. The van der Waals surface area contributed by atoms with Gasteiger partial charge in [0.2, 0.25) is 5.91 Å². The van der Waals surface area contributed by atoms with E-state index in [4.69, 9.17) is 16.7 Å². The molecular formula is C28H27ClFNO3. The van der Waals surface area contributed by atoms with E-state index in [9.17, 15) is 14.0 Å². The van der Waals surface area contributed by atoms with E-state index >= 15 is 0 Å². The molecule has 0 aliphatic heterocycles. The highest BCUT2D eigenvalue weighted by atomic mass is 35.5. The number of amides is 1. The van der Waals surface area contributed by atoms with Crippen LogP contribution in [-0.4, -0.2) is 23.5 Å². The molecule has 3 aromatic carbocycles. The van der Waals surface area contributed by atoms with Gasteiger partial charge in [-0.25, -0.2) is 4.39 Å². The zero-order chi connectivity index (χ0) is 24.1. The Kier molecular flexibility index (Phi) is 7.63. The summed E-state index contributed by atoms with van der Waals surface area (Å²) in [5.74, 6) is -0.800. The van der Waals surface area contributed by atoms with Crippen molar-refractivity contribution in [3.63, 3.8) is 0 Å². The number of nitrogens with one attached hydrogen (secondary N) is 1. The van der Waals surface area contributed by atoms with Gasteiger partial charge in [-0.2, -0.15) is 0 Å². The molecule has 4 nitrogen and oxygen atoms in total. The maximum absolute atomic E-state index is 13.2. The van der Waals surface area contributed by atoms with Crippen molar-refractivity contribution in [1.82, 2.24) is 5.32 Å². The summed E-state index contributed by atoms with van der Waals surface area (Å²) < 4.78 is 13.2. The maximum atomic E-state index is 13.2. The van der Waals surface area contributed by atoms with Crippen LogP contribution in [0.3, 0.4) is 0 Å². The van der Waals surface area contributed by atoms with Crippen LogP contribution in [0.25, 0.3) is 0 Å². The standard InChI is InChI=1S/C28H27ClFNO3/c29-23-6-4-22(5-7-23)25-17-26(25)28(34)31-12-11-20-14-19(3-10-27(32)33)15-21(16-20)13-18-1-8-24(30)9-2-18/h1-2,4-9,14-16,25-26H,3,10-13,17H2,(H,31,34)(H,32,33). The van der Waals surface area contributed by atoms with E-state index in [1.807, 2.05) is 36.4 Å². The van der Waals surface area contributed by atoms with E-state index in [2.05, 4.69) is 11.4 Å². The summed E-state index contributed by atoms with van der Waals surface area (Å²) >= 11 is 5.95. The third-order valence-corrected chi connectivity index (χ3v) is 6.45. The summed E-state index contributed by atoms with van der Waals surface area (Å²) in [5, 5.41) is 12.8. The molecule has 4 rings (SSSR count). The number of halogens is 2. The molecular weight excluding hydrogens is 453 g/mol. The Bertz CT molecular complexity index is 1160. The van der Waals surface area contributed by atoms with Crippen molar-refractivity contribution >= 4 is 23.5 Å². The molecule has 0 aromatic heterocycles. The zero-order valence-electron chi connectivity index (χ0n) is 18.8. The Hall–Kier alpha value is -3.18. The molecule has 0 heterocycles. The molecule has 1 amide bonds. The molecule has 1 saturated carbocycles. The fourth-order valence-electron chi connectivity index (χ4n) is 4.34. The second-order valence-corrected chi connectivity index (χ2v) is 9.33. The first-order chi connectivity index (χ1) is 16.4. The molecule has 3 aromatic rings. The van der Waals surface area contributed by atoms with Crippen LogP contribution < -0.4 is 5.32 Å². The number of benzene rings is 3. The lowest BCUT2D eigenvalue weighted by molar-refractivity contribution is -0.137. The van der Waals surface area contributed by atoms with Gasteiger partial charge in [-0.1, -0.05) is 54.1 Å². The summed E-state index contributed by atoms with van der Waals surface area (Å²) in [4.78, 5) is 23.6. The van der Waals surface area contributed by atoms with Crippen LogP contribution >= 0.6 is 11.6 Å². The average molecular weight is 480 g/mol. The van der Waals surface area contributed by atoms with E-state index in [0.29, 0.717) is 30.8 Å². The molecule has 2 atom stereocenters. The lowest BCUT2D eigenvalue weighted by Gasteiger charge is -2.11. The van der Waals surface area contributed by atoms with Crippen molar-refractivity contribution in [2.24, 2.45) is 5.92 Å². The molecule has 1 fully saturated rings. The molecule has 0 saturated heterocycles. The van der Waals surface area contributed by atoms with Gasteiger partial charge >= 0.3 is 5.97 Å². The van der Waals surface area contributed by atoms with Gasteiger partial charge in [-0.3, -0.25) is 9.59 Å². The minimum absolute atomic E-state index is 0.00267. The van der Waals surface area contributed by atoms with Crippen LogP contribution in [0.4, 0.5) is 4.39 Å². The van der Waals surface area contributed by atoms with Gasteiger partial charge in [0.15, 0.2) is 0 Å². The quantitative estimate of drug-likeness (QED) is 0.400. The van der Waals surface area contributed by atoms with Crippen LogP contribution in [0.15, 0.2) is 66.7 Å². The highest BCUT2D eigenvalue weighted by molar-refractivity contribution is 6.30. The van der Waals surface area contributed by atoms with Crippen LogP contribution in [0.1, 0.15) is 46.6 Å². The van der Waals surface area contributed by atoms with Crippen molar-refractivity contribution < 1.29 is 19.1 Å². The normalized spacial score (nSPS) is 16.8. The van der Waals surface area contributed by atoms with Gasteiger partial charge in [-0.15, -0.1) is 0 Å². The molecule has 2 N–H and O–H groups in total. The van der Waals surface area contributed by atoms with Gasteiger partial charge in [0, 0.05) is 23.9 Å². The van der Waals surface area contributed by atoms with Gasteiger partial charge in [0.05, 0.1) is 0 Å². The van der Waals surface area contributed by atoms with Crippen LogP contribution in [0, 0.1) is 11.7 Å². The van der Waals surface area contributed by atoms with Crippen molar-refractivity contribution in [2.45, 2.75) is 38.0 Å². The monoisotopic (exact) mass is 479 g/mol. The van der Waals surface area contributed by atoms with Gasteiger partial charge in [0.1, 0.15) is 5.82 Å².